The summed E-state index contributed by atoms with van der Waals surface area (Å²) in [7, 11) is 1.70. The van der Waals surface area contributed by atoms with Crippen molar-refractivity contribution >= 4 is 17.9 Å². The van der Waals surface area contributed by atoms with Crippen LogP contribution in [0.3, 0.4) is 0 Å². The summed E-state index contributed by atoms with van der Waals surface area (Å²) in [5, 5.41) is 8.66. The molecule has 2 aromatic carbocycles. The van der Waals surface area contributed by atoms with Crippen LogP contribution in [0.25, 0.3) is 0 Å². The van der Waals surface area contributed by atoms with Gasteiger partial charge in [0.2, 0.25) is 11.8 Å². The minimum Gasteiger partial charge on any atom is -0.424 e. The van der Waals surface area contributed by atoms with Crippen LogP contribution in [0.2, 0.25) is 0 Å². The molecule has 3 amide bonds. The predicted molar refractivity (Wildman–Crippen MR) is 147 cm³/mol. The summed E-state index contributed by atoms with van der Waals surface area (Å²) in [4.78, 5) is 43.1. The van der Waals surface area contributed by atoms with Crippen LogP contribution in [0, 0.1) is 5.92 Å². The largest absolute Gasteiger partial charge is 0.424 e. The zero-order valence-electron chi connectivity index (χ0n) is 23.0. The van der Waals surface area contributed by atoms with Crippen LogP contribution in [0.4, 0.5) is 4.79 Å². The molecule has 0 spiro atoms. The lowest BCUT2D eigenvalue weighted by atomic mass is 10.0. The molecule has 0 aliphatic carbocycles. The molecule has 4 atom stereocenters. The van der Waals surface area contributed by atoms with Crippen LogP contribution >= 0.6 is 0 Å². The summed E-state index contributed by atoms with van der Waals surface area (Å²) in [6.07, 6.45) is -1.40. The van der Waals surface area contributed by atoms with Gasteiger partial charge in [0.25, 0.3) is 0 Å². The number of amides is 3. The van der Waals surface area contributed by atoms with Crippen molar-refractivity contribution in [2.24, 2.45) is 5.92 Å². The molecule has 0 radical (unpaired) electrons. The molecule has 1 heterocycles. The maximum Gasteiger partial charge on any atom is 0.409 e. The number of likely N-dealkylation sites (N-methyl/N-ethyl adjacent to an activating group) is 1. The Morgan fingerprint density at radius 3 is 2.16 bits per heavy atom. The molecule has 2 aromatic rings. The van der Waals surface area contributed by atoms with Crippen molar-refractivity contribution in [3.8, 4) is 0 Å². The Hall–Kier alpha value is -3.43. The van der Waals surface area contributed by atoms with Crippen LogP contribution in [0.1, 0.15) is 44.9 Å². The van der Waals surface area contributed by atoms with Gasteiger partial charge in [0.1, 0.15) is 6.04 Å². The predicted octanol–water partition coefficient (Wildman–Crippen LogP) is 2.89. The number of hydrogen-bond donors (Lipinski definition) is 3. The fourth-order valence-electron chi connectivity index (χ4n) is 4.40. The Bertz CT molecular complexity index is 1050. The quantitative estimate of drug-likeness (QED) is 0.443. The fraction of sp³-hybridized carbons (Fsp3) is 0.483. The third-order valence-electron chi connectivity index (χ3n) is 6.89. The summed E-state index contributed by atoms with van der Waals surface area (Å²) in [5.41, 5.74) is 2.09. The number of alkyl carbamates (subject to hydrolysis) is 1. The molecule has 0 aromatic heterocycles. The van der Waals surface area contributed by atoms with Gasteiger partial charge in [-0.15, -0.1) is 0 Å². The zero-order chi connectivity index (χ0) is 27.7. The van der Waals surface area contributed by atoms with E-state index in [9.17, 15) is 14.4 Å². The van der Waals surface area contributed by atoms with Gasteiger partial charge in [-0.2, -0.15) is 0 Å². The van der Waals surface area contributed by atoms with Crippen molar-refractivity contribution in [2.75, 3.05) is 26.7 Å². The van der Waals surface area contributed by atoms with Gasteiger partial charge >= 0.3 is 6.09 Å². The summed E-state index contributed by atoms with van der Waals surface area (Å²) in [5.74, 6) is -0.662. The highest BCUT2D eigenvalue weighted by atomic mass is 16.6. The normalized spacial score (nSPS) is 18.4. The Morgan fingerprint density at radius 2 is 1.55 bits per heavy atom. The Labute approximate surface area is 225 Å². The average molecular weight is 524 g/mol. The van der Waals surface area contributed by atoms with Gasteiger partial charge in [-0.05, 0) is 37.9 Å². The third kappa shape index (κ3) is 8.03. The van der Waals surface area contributed by atoms with Gasteiger partial charge < -0.3 is 25.6 Å². The SMILES string of the molecule is CN[C@@H](C)C(=O)N[C@H](C(=O)N1CCN(Cc2ccccc2)C[C@@H]1OC(=O)N[C@H](C)c1ccccc1)C(C)C. The summed E-state index contributed by atoms with van der Waals surface area (Å²) in [6, 6.07) is 18.2. The Balaban J connectivity index is 1.76. The molecule has 1 saturated heterocycles. The van der Waals surface area contributed by atoms with Crippen LogP contribution < -0.4 is 16.0 Å². The Morgan fingerprint density at radius 1 is 0.921 bits per heavy atom. The first-order valence-corrected chi connectivity index (χ1v) is 13.3. The van der Waals surface area contributed by atoms with E-state index in [1.54, 1.807) is 18.9 Å². The van der Waals surface area contributed by atoms with Gasteiger partial charge in [-0.25, -0.2) is 4.79 Å². The van der Waals surface area contributed by atoms with Crippen LogP contribution in [-0.2, 0) is 20.9 Å². The van der Waals surface area contributed by atoms with E-state index in [2.05, 4.69) is 33.0 Å². The van der Waals surface area contributed by atoms with Crippen molar-refractivity contribution in [2.45, 2.75) is 58.6 Å². The highest BCUT2D eigenvalue weighted by molar-refractivity contribution is 5.90. The van der Waals surface area contributed by atoms with Gasteiger partial charge in [0.05, 0.1) is 18.6 Å². The third-order valence-corrected chi connectivity index (χ3v) is 6.89. The number of benzene rings is 2. The molecule has 1 aliphatic rings. The van der Waals surface area contributed by atoms with Crippen molar-refractivity contribution in [3.63, 3.8) is 0 Å². The van der Waals surface area contributed by atoms with E-state index in [0.29, 0.717) is 26.2 Å². The molecule has 9 nitrogen and oxygen atoms in total. The molecular formula is C29H41N5O4. The second-order valence-electron chi connectivity index (χ2n) is 10.1. The highest BCUT2D eigenvalue weighted by Crippen LogP contribution is 2.19. The minimum absolute atomic E-state index is 0.148. The van der Waals surface area contributed by atoms with Crippen LogP contribution in [-0.4, -0.2) is 72.7 Å². The maximum absolute atomic E-state index is 13.7. The van der Waals surface area contributed by atoms with Crippen molar-refractivity contribution in [1.29, 1.82) is 0 Å². The highest BCUT2D eigenvalue weighted by Gasteiger charge is 2.38. The van der Waals surface area contributed by atoms with E-state index < -0.39 is 24.4 Å². The second-order valence-corrected chi connectivity index (χ2v) is 10.1. The number of nitrogens with zero attached hydrogens (tertiary/aromatic N) is 2. The van der Waals surface area contributed by atoms with Crippen molar-refractivity contribution in [3.05, 3.63) is 71.8 Å². The topological polar surface area (TPSA) is 103 Å². The Kier molecular flexibility index (Phi) is 10.7. The van der Waals surface area contributed by atoms with E-state index in [1.807, 2.05) is 69.3 Å². The molecule has 9 heteroatoms. The summed E-state index contributed by atoms with van der Waals surface area (Å²) < 4.78 is 5.88. The fourth-order valence-corrected chi connectivity index (χ4v) is 4.40. The van der Waals surface area contributed by atoms with Crippen LogP contribution in [0.5, 0.6) is 0 Å². The number of carbonyl (C=O) groups excluding carboxylic acids is 3. The number of hydrogen-bond acceptors (Lipinski definition) is 6. The molecule has 0 unspecified atom stereocenters. The molecule has 0 bridgehead atoms. The van der Waals surface area contributed by atoms with E-state index in [0.717, 1.165) is 11.1 Å². The number of rotatable bonds is 10. The van der Waals surface area contributed by atoms with E-state index >= 15 is 0 Å². The molecule has 3 N–H and O–H groups in total. The molecule has 0 saturated carbocycles. The minimum atomic E-state index is -0.803. The first kappa shape index (κ1) is 29.1. The number of nitrogens with one attached hydrogen (secondary N) is 3. The summed E-state index contributed by atoms with van der Waals surface area (Å²) >= 11 is 0. The number of piperazine rings is 1. The molecule has 3 rings (SSSR count). The van der Waals surface area contributed by atoms with Gasteiger partial charge in [-0.3, -0.25) is 14.5 Å². The van der Waals surface area contributed by atoms with Crippen LogP contribution in [0.15, 0.2) is 60.7 Å². The zero-order valence-corrected chi connectivity index (χ0v) is 23.0. The second kappa shape index (κ2) is 13.9. The molecule has 1 aliphatic heterocycles. The lowest BCUT2D eigenvalue weighted by molar-refractivity contribution is -0.153. The van der Waals surface area contributed by atoms with E-state index in [1.165, 1.54) is 0 Å². The van der Waals surface area contributed by atoms with E-state index in [-0.39, 0.29) is 23.8 Å². The first-order valence-electron chi connectivity index (χ1n) is 13.3. The van der Waals surface area contributed by atoms with Gasteiger partial charge in [0.15, 0.2) is 6.23 Å². The molecular weight excluding hydrogens is 482 g/mol. The molecule has 206 valence electrons. The summed E-state index contributed by atoms with van der Waals surface area (Å²) in [6.45, 7) is 9.44. The lowest BCUT2D eigenvalue weighted by Gasteiger charge is -2.42. The standard InChI is InChI=1S/C29H41N5O4/c1-20(2)26(32-27(35)22(4)30-5)28(36)34-17-16-33(18-23-12-8-6-9-13-23)19-25(34)38-29(37)31-21(3)24-14-10-7-11-15-24/h6-15,20-22,25-26,30H,16-19H2,1-5H3,(H,31,37)(H,32,35)/t21-,22+,25+,26+/m1/s1. The lowest BCUT2D eigenvalue weighted by Crippen LogP contribution is -2.62. The maximum atomic E-state index is 13.7. The van der Waals surface area contributed by atoms with Gasteiger partial charge in [0, 0.05) is 19.6 Å². The smallest absolute Gasteiger partial charge is 0.409 e. The monoisotopic (exact) mass is 523 g/mol. The number of ether oxygens (including phenoxy) is 1. The average Bonchev–Trinajstić information content (AvgIpc) is 2.91. The first-order chi connectivity index (χ1) is 18.2. The number of carbonyl (C=O) groups is 3. The van der Waals surface area contributed by atoms with Crippen molar-refractivity contribution in [1.82, 2.24) is 25.8 Å². The molecule has 38 heavy (non-hydrogen) atoms. The van der Waals surface area contributed by atoms with Crippen molar-refractivity contribution < 1.29 is 19.1 Å². The van der Waals surface area contributed by atoms with Gasteiger partial charge in [-0.1, -0.05) is 74.5 Å². The van der Waals surface area contributed by atoms with E-state index in [4.69, 9.17) is 4.74 Å². The molecule has 1 fully saturated rings.